The molecule has 1 aliphatic rings. The minimum Gasteiger partial charge on any atom is -0.309 e. The SMILES string of the molecule is C=CC(=O)N1CCCc2c(C(=O)Nc3ncn(Cc4cccc(Br)c4)n3)cccc21. The quantitative estimate of drug-likeness (QED) is 0.580. The fourth-order valence-corrected chi connectivity index (χ4v) is 4.04. The average molecular weight is 466 g/mol. The van der Waals surface area contributed by atoms with E-state index in [0.29, 0.717) is 18.7 Å². The van der Waals surface area contributed by atoms with Crippen molar-refractivity contribution < 1.29 is 9.59 Å². The molecule has 2 aromatic carbocycles. The zero-order valence-electron chi connectivity index (χ0n) is 16.2. The van der Waals surface area contributed by atoms with Crippen LogP contribution in [0.3, 0.4) is 0 Å². The number of carbonyl (C=O) groups is 2. The minimum atomic E-state index is -0.292. The molecule has 0 saturated heterocycles. The van der Waals surface area contributed by atoms with E-state index in [4.69, 9.17) is 0 Å². The minimum absolute atomic E-state index is 0.165. The number of fused-ring (bicyclic) bond motifs is 1. The highest BCUT2D eigenvalue weighted by atomic mass is 79.9. The molecule has 0 saturated carbocycles. The van der Waals surface area contributed by atoms with E-state index >= 15 is 0 Å². The summed E-state index contributed by atoms with van der Waals surface area (Å²) in [5, 5.41) is 7.12. The van der Waals surface area contributed by atoms with Crippen LogP contribution >= 0.6 is 15.9 Å². The molecule has 2 heterocycles. The number of nitrogens with zero attached hydrogens (tertiary/aromatic N) is 4. The van der Waals surface area contributed by atoms with Gasteiger partial charge in [0.2, 0.25) is 11.9 Å². The summed E-state index contributed by atoms with van der Waals surface area (Å²) in [6.07, 6.45) is 4.39. The van der Waals surface area contributed by atoms with Gasteiger partial charge >= 0.3 is 0 Å². The van der Waals surface area contributed by atoms with Gasteiger partial charge in [0, 0.05) is 22.3 Å². The molecule has 1 aromatic heterocycles. The number of carbonyl (C=O) groups excluding carboxylic acids is 2. The van der Waals surface area contributed by atoms with Crippen LogP contribution in [0, 0.1) is 0 Å². The van der Waals surface area contributed by atoms with Crippen LogP contribution in [0.25, 0.3) is 0 Å². The predicted octanol–water partition coefficient (Wildman–Crippen LogP) is 3.81. The van der Waals surface area contributed by atoms with E-state index < -0.39 is 0 Å². The van der Waals surface area contributed by atoms with Gasteiger partial charge in [0.05, 0.1) is 6.54 Å². The highest BCUT2D eigenvalue weighted by Gasteiger charge is 2.25. The maximum atomic E-state index is 12.9. The van der Waals surface area contributed by atoms with E-state index in [0.717, 1.165) is 34.1 Å². The highest BCUT2D eigenvalue weighted by molar-refractivity contribution is 9.10. The van der Waals surface area contributed by atoms with Crippen LogP contribution in [0.2, 0.25) is 0 Å². The Labute approximate surface area is 182 Å². The van der Waals surface area contributed by atoms with Crippen LogP contribution in [-0.2, 0) is 17.8 Å². The molecule has 0 fully saturated rings. The number of aromatic nitrogens is 3. The summed E-state index contributed by atoms with van der Waals surface area (Å²) in [6.45, 7) is 4.73. The van der Waals surface area contributed by atoms with E-state index in [-0.39, 0.29) is 17.8 Å². The number of anilines is 2. The van der Waals surface area contributed by atoms with Crippen LogP contribution in [-0.4, -0.2) is 33.1 Å². The number of amides is 2. The van der Waals surface area contributed by atoms with Crippen molar-refractivity contribution in [2.24, 2.45) is 0 Å². The van der Waals surface area contributed by atoms with E-state index in [9.17, 15) is 9.59 Å². The van der Waals surface area contributed by atoms with Gasteiger partial charge in [-0.25, -0.2) is 9.67 Å². The molecule has 3 aromatic rings. The first-order chi connectivity index (χ1) is 14.5. The van der Waals surface area contributed by atoms with Gasteiger partial charge in [-0.3, -0.25) is 14.9 Å². The molecule has 2 amide bonds. The Kier molecular flexibility index (Phi) is 5.76. The Morgan fingerprint density at radius 1 is 1.23 bits per heavy atom. The molecule has 0 spiro atoms. The number of benzene rings is 2. The van der Waals surface area contributed by atoms with Crippen LogP contribution in [0.15, 0.2) is 65.9 Å². The lowest BCUT2D eigenvalue weighted by molar-refractivity contribution is -0.114. The van der Waals surface area contributed by atoms with Crippen LogP contribution < -0.4 is 10.2 Å². The zero-order chi connectivity index (χ0) is 21.1. The lowest BCUT2D eigenvalue weighted by Gasteiger charge is -2.29. The summed E-state index contributed by atoms with van der Waals surface area (Å²) in [5.74, 6) is -0.219. The van der Waals surface area contributed by atoms with Crippen LogP contribution in [0.5, 0.6) is 0 Å². The predicted molar refractivity (Wildman–Crippen MR) is 119 cm³/mol. The number of rotatable bonds is 5. The molecular weight excluding hydrogens is 446 g/mol. The van der Waals surface area contributed by atoms with Crippen molar-refractivity contribution in [3.63, 3.8) is 0 Å². The standard InChI is InChI=1S/C22H20BrN5O2/c1-2-20(29)28-11-5-9-17-18(8-4-10-19(17)28)21(30)25-22-24-14-27(26-22)13-15-6-3-7-16(23)12-15/h2-4,6-8,10,12,14H,1,5,9,11,13H2,(H,25,26,30). The van der Waals surface area contributed by atoms with Gasteiger partial charge in [-0.05, 0) is 54.3 Å². The Balaban J connectivity index is 1.52. The molecule has 0 aliphatic carbocycles. The molecule has 7 nitrogen and oxygen atoms in total. The summed E-state index contributed by atoms with van der Waals surface area (Å²) in [6, 6.07) is 13.3. The van der Waals surface area contributed by atoms with E-state index in [1.54, 1.807) is 28.0 Å². The molecule has 0 unspecified atom stereocenters. The maximum absolute atomic E-state index is 12.9. The third-order valence-electron chi connectivity index (χ3n) is 4.93. The first-order valence-electron chi connectivity index (χ1n) is 9.56. The van der Waals surface area contributed by atoms with Crippen molar-refractivity contribution >= 4 is 39.4 Å². The number of halogens is 1. The smallest absolute Gasteiger partial charge is 0.258 e. The van der Waals surface area contributed by atoms with Crippen LogP contribution in [0.4, 0.5) is 11.6 Å². The Morgan fingerprint density at radius 2 is 2.07 bits per heavy atom. The molecule has 4 rings (SSSR count). The second kappa shape index (κ2) is 8.62. The monoisotopic (exact) mass is 465 g/mol. The molecule has 0 bridgehead atoms. The molecule has 1 N–H and O–H groups in total. The Morgan fingerprint density at radius 3 is 2.87 bits per heavy atom. The maximum Gasteiger partial charge on any atom is 0.258 e. The van der Waals surface area contributed by atoms with Crippen molar-refractivity contribution in [3.05, 3.63) is 82.6 Å². The van der Waals surface area contributed by atoms with Gasteiger partial charge in [0.15, 0.2) is 0 Å². The Bertz CT molecular complexity index is 1120. The van der Waals surface area contributed by atoms with Gasteiger partial charge in [-0.1, -0.05) is 40.7 Å². The lowest BCUT2D eigenvalue weighted by Crippen LogP contribution is -2.35. The van der Waals surface area contributed by atoms with Crippen molar-refractivity contribution in [1.29, 1.82) is 0 Å². The van der Waals surface area contributed by atoms with Crippen molar-refractivity contribution in [2.75, 3.05) is 16.8 Å². The third kappa shape index (κ3) is 4.18. The van der Waals surface area contributed by atoms with Crippen molar-refractivity contribution in [3.8, 4) is 0 Å². The van der Waals surface area contributed by atoms with Crippen LogP contribution in [0.1, 0.15) is 27.9 Å². The molecular formula is C22H20BrN5O2. The third-order valence-corrected chi connectivity index (χ3v) is 5.42. The number of hydrogen-bond donors (Lipinski definition) is 1. The summed E-state index contributed by atoms with van der Waals surface area (Å²) >= 11 is 3.45. The molecule has 152 valence electrons. The molecule has 1 aliphatic heterocycles. The highest BCUT2D eigenvalue weighted by Crippen LogP contribution is 2.30. The van der Waals surface area contributed by atoms with Gasteiger partial charge in [-0.2, -0.15) is 0 Å². The second-order valence-corrected chi connectivity index (χ2v) is 7.87. The van der Waals surface area contributed by atoms with Gasteiger partial charge in [0.1, 0.15) is 6.33 Å². The topological polar surface area (TPSA) is 80.1 Å². The van der Waals surface area contributed by atoms with E-state index in [2.05, 4.69) is 37.9 Å². The van der Waals surface area contributed by atoms with Gasteiger partial charge in [-0.15, -0.1) is 5.10 Å². The average Bonchev–Trinajstić information content (AvgIpc) is 3.18. The fourth-order valence-electron chi connectivity index (χ4n) is 3.60. The molecule has 0 radical (unpaired) electrons. The number of hydrogen-bond acceptors (Lipinski definition) is 4. The first kappa shape index (κ1) is 20.0. The first-order valence-corrected chi connectivity index (χ1v) is 10.4. The van der Waals surface area contributed by atoms with Gasteiger partial charge in [0.25, 0.3) is 5.91 Å². The second-order valence-electron chi connectivity index (χ2n) is 6.95. The molecule has 30 heavy (non-hydrogen) atoms. The van der Waals surface area contributed by atoms with Crippen molar-refractivity contribution in [2.45, 2.75) is 19.4 Å². The van der Waals surface area contributed by atoms with E-state index in [1.165, 1.54) is 6.08 Å². The summed E-state index contributed by atoms with van der Waals surface area (Å²) < 4.78 is 2.66. The number of nitrogens with one attached hydrogen (secondary N) is 1. The van der Waals surface area contributed by atoms with Gasteiger partial charge < -0.3 is 4.90 Å². The summed E-state index contributed by atoms with van der Waals surface area (Å²) in [7, 11) is 0. The fraction of sp³-hybridized carbons (Fsp3) is 0.182. The van der Waals surface area contributed by atoms with Crippen molar-refractivity contribution in [1.82, 2.24) is 14.8 Å². The largest absolute Gasteiger partial charge is 0.309 e. The molecule has 0 atom stereocenters. The normalized spacial score (nSPS) is 12.9. The zero-order valence-corrected chi connectivity index (χ0v) is 17.8. The van der Waals surface area contributed by atoms with E-state index in [1.807, 2.05) is 30.3 Å². The Hall–Kier alpha value is -3.26. The molecule has 8 heteroatoms. The summed E-state index contributed by atoms with van der Waals surface area (Å²) in [4.78, 5) is 30.9. The summed E-state index contributed by atoms with van der Waals surface area (Å²) in [5.41, 5.74) is 3.20. The lowest BCUT2D eigenvalue weighted by atomic mass is 9.95.